The molecule has 20 heavy (non-hydrogen) atoms. The van der Waals surface area contributed by atoms with Crippen molar-refractivity contribution in [3.63, 3.8) is 0 Å². The standard InChI is InChI=1S/C16H22BrNO2/c1-11(19)12-6-7-14(13(17)10-12)18-8-9-20-16-5-3-2-4-15(16)18/h6-7,10-11,15-16,19H,2-5,8-9H2,1H3. The second-order valence-electron chi connectivity index (χ2n) is 5.84. The van der Waals surface area contributed by atoms with Gasteiger partial charge in [-0.1, -0.05) is 18.9 Å². The Bertz CT molecular complexity index is 476. The lowest BCUT2D eigenvalue weighted by atomic mass is 9.89. The zero-order valence-electron chi connectivity index (χ0n) is 11.9. The monoisotopic (exact) mass is 339 g/mol. The van der Waals surface area contributed by atoms with E-state index in [9.17, 15) is 5.11 Å². The Labute approximate surface area is 129 Å². The van der Waals surface area contributed by atoms with Crippen LogP contribution in [0.5, 0.6) is 0 Å². The van der Waals surface area contributed by atoms with Gasteiger partial charge in [-0.2, -0.15) is 0 Å². The lowest BCUT2D eigenvalue weighted by Crippen LogP contribution is -2.53. The summed E-state index contributed by atoms with van der Waals surface area (Å²) in [6.07, 6.45) is 4.95. The highest BCUT2D eigenvalue weighted by atomic mass is 79.9. The molecule has 3 nitrogen and oxygen atoms in total. The van der Waals surface area contributed by atoms with Crippen molar-refractivity contribution in [1.82, 2.24) is 0 Å². The number of aliphatic hydroxyl groups is 1. The van der Waals surface area contributed by atoms with Gasteiger partial charge in [-0.25, -0.2) is 0 Å². The van der Waals surface area contributed by atoms with Crippen LogP contribution in [0.3, 0.4) is 0 Å². The third-order valence-corrected chi connectivity index (χ3v) is 5.13. The fraction of sp³-hybridized carbons (Fsp3) is 0.625. The van der Waals surface area contributed by atoms with Gasteiger partial charge in [0.2, 0.25) is 0 Å². The third kappa shape index (κ3) is 2.74. The Balaban J connectivity index is 1.87. The van der Waals surface area contributed by atoms with Gasteiger partial charge in [0.25, 0.3) is 0 Å². The molecule has 1 aromatic rings. The molecule has 3 atom stereocenters. The minimum Gasteiger partial charge on any atom is -0.389 e. The summed E-state index contributed by atoms with van der Waals surface area (Å²) in [7, 11) is 0. The summed E-state index contributed by atoms with van der Waals surface area (Å²) < 4.78 is 7.01. The van der Waals surface area contributed by atoms with E-state index in [1.54, 1.807) is 6.92 Å². The van der Waals surface area contributed by atoms with Gasteiger partial charge in [-0.3, -0.25) is 0 Å². The second-order valence-corrected chi connectivity index (χ2v) is 6.70. The molecular weight excluding hydrogens is 318 g/mol. The number of benzene rings is 1. The Kier molecular flexibility index (Phi) is 4.34. The van der Waals surface area contributed by atoms with Crippen LogP contribution in [0.2, 0.25) is 0 Å². The Morgan fingerprint density at radius 3 is 2.90 bits per heavy atom. The molecule has 1 aromatic carbocycles. The summed E-state index contributed by atoms with van der Waals surface area (Å²) in [5.41, 5.74) is 2.18. The Morgan fingerprint density at radius 1 is 1.35 bits per heavy atom. The fourth-order valence-electron chi connectivity index (χ4n) is 3.41. The van der Waals surface area contributed by atoms with E-state index in [0.29, 0.717) is 12.1 Å². The van der Waals surface area contributed by atoms with Gasteiger partial charge in [0.05, 0.1) is 30.5 Å². The average Bonchev–Trinajstić information content (AvgIpc) is 2.46. The molecule has 1 saturated carbocycles. The van der Waals surface area contributed by atoms with Crippen LogP contribution in [-0.2, 0) is 4.74 Å². The highest BCUT2D eigenvalue weighted by molar-refractivity contribution is 9.10. The molecule has 0 bridgehead atoms. The number of hydrogen-bond donors (Lipinski definition) is 1. The van der Waals surface area contributed by atoms with Crippen LogP contribution in [0.4, 0.5) is 5.69 Å². The summed E-state index contributed by atoms with van der Waals surface area (Å²) >= 11 is 3.67. The van der Waals surface area contributed by atoms with E-state index in [4.69, 9.17) is 4.74 Å². The molecule has 1 heterocycles. The summed E-state index contributed by atoms with van der Waals surface area (Å²) in [6.45, 7) is 3.56. The van der Waals surface area contributed by atoms with Crippen molar-refractivity contribution in [2.45, 2.75) is 50.9 Å². The number of rotatable bonds is 2. The summed E-state index contributed by atoms with van der Waals surface area (Å²) in [5.74, 6) is 0. The molecule has 3 unspecified atom stereocenters. The molecule has 2 fully saturated rings. The number of nitrogens with zero attached hydrogens (tertiary/aromatic N) is 1. The van der Waals surface area contributed by atoms with Crippen LogP contribution >= 0.6 is 15.9 Å². The summed E-state index contributed by atoms with van der Waals surface area (Å²) in [6, 6.07) is 6.69. The number of halogens is 1. The van der Waals surface area contributed by atoms with Crippen molar-refractivity contribution in [1.29, 1.82) is 0 Å². The third-order valence-electron chi connectivity index (χ3n) is 4.50. The summed E-state index contributed by atoms with van der Waals surface area (Å²) in [4.78, 5) is 2.49. The predicted octanol–water partition coefficient (Wildman–Crippen LogP) is 3.65. The van der Waals surface area contributed by atoms with E-state index in [-0.39, 0.29) is 0 Å². The van der Waals surface area contributed by atoms with Crippen LogP contribution in [0.1, 0.15) is 44.3 Å². The number of anilines is 1. The van der Waals surface area contributed by atoms with Crippen LogP contribution < -0.4 is 4.90 Å². The molecule has 110 valence electrons. The SMILES string of the molecule is CC(O)c1ccc(N2CCOC3CCCCC32)c(Br)c1. The van der Waals surface area contributed by atoms with Crippen LogP contribution in [0, 0.1) is 0 Å². The second kappa shape index (κ2) is 6.04. The molecule has 1 aliphatic heterocycles. The zero-order valence-corrected chi connectivity index (χ0v) is 13.5. The fourth-order valence-corrected chi connectivity index (χ4v) is 4.04. The van der Waals surface area contributed by atoms with E-state index in [1.165, 1.54) is 31.4 Å². The van der Waals surface area contributed by atoms with Gasteiger partial charge >= 0.3 is 0 Å². The van der Waals surface area contributed by atoms with Gasteiger partial charge in [0.1, 0.15) is 0 Å². The van der Waals surface area contributed by atoms with Gasteiger partial charge in [0.15, 0.2) is 0 Å². The lowest BCUT2D eigenvalue weighted by Gasteiger charge is -2.45. The number of hydrogen-bond acceptors (Lipinski definition) is 3. The first kappa shape index (κ1) is 14.4. The molecular formula is C16H22BrNO2. The molecule has 2 aliphatic rings. The first-order valence-electron chi connectivity index (χ1n) is 7.52. The van der Waals surface area contributed by atoms with E-state index < -0.39 is 6.10 Å². The maximum Gasteiger partial charge on any atom is 0.0779 e. The molecule has 0 amide bonds. The maximum atomic E-state index is 9.68. The van der Waals surface area contributed by atoms with E-state index in [0.717, 1.165) is 23.2 Å². The minimum atomic E-state index is -0.424. The van der Waals surface area contributed by atoms with Gasteiger partial charge < -0.3 is 14.7 Å². The normalized spacial score (nSPS) is 28.1. The quantitative estimate of drug-likeness (QED) is 0.892. The van der Waals surface area contributed by atoms with Crippen molar-refractivity contribution in [2.24, 2.45) is 0 Å². The van der Waals surface area contributed by atoms with E-state index in [1.807, 2.05) is 12.1 Å². The number of fused-ring (bicyclic) bond motifs is 1. The molecule has 0 spiro atoms. The van der Waals surface area contributed by atoms with Crippen molar-refractivity contribution < 1.29 is 9.84 Å². The van der Waals surface area contributed by atoms with Gasteiger partial charge in [-0.15, -0.1) is 0 Å². The Hall–Kier alpha value is -0.580. The van der Waals surface area contributed by atoms with Crippen molar-refractivity contribution in [2.75, 3.05) is 18.1 Å². The average molecular weight is 340 g/mol. The topological polar surface area (TPSA) is 32.7 Å². The van der Waals surface area contributed by atoms with Crippen LogP contribution in [-0.4, -0.2) is 30.4 Å². The van der Waals surface area contributed by atoms with Gasteiger partial charge in [-0.05, 0) is 53.4 Å². The van der Waals surface area contributed by atoms with Crippen molar-refractivity contribution in [3.05, 3.63) is 28.2 Å². The molecule has 0 aromatic heterocycles. The largest absolute Gasteiger partial charge is 0.389 e. The molecule has 3 rings (SSSR count). The van der Waals surface area contributed by atoms with E-state index >= 15 is 0 Å². The van der Waals surface area contributed by atoms with Crippen molar-refractivity contribution >= 4 is 21.6 Å². The predicted molar refractivity (Wildman–Crippen MR) is 84.1 cm³/mol. The molecule has 0 radical (unpaired) electrons. The molecule has 1 N–H and O–H groups in total. The minimum absolute atomic E-state index is 0.390. The van der Waals surface area contributed by atoms with Crippen LogP contribution in [0.25, 0.3) is 0 Å². The lowest BCUT2D eigenvalue weighted by molar-refractivity contribution is -0.00873. The molecule has 1 aliphatic carbocycles. The number of morpholine rings is 1. The summed E-state index contributed by atoms with van der Waals surface area (Å²) in [5, 5.41) is 9.68. The zero-order chi connectivity index (χ0) is 14.1. The Morgan fingerprint density at radius 2 is 2.15 bits per heavy atom. The first-order chi connectivity index (χ1) is 9.66. The van der Waals surface area contributed by atoms with Crippen molar-refractivity contribution in [3.8, 4) is 0 Å². The highest BCUT2D eigenvalue weighted by Gasteiger charge is 2.34. The smallest absolute Gasteiger partial charge is 0.0779 e. The number of aliphatic hydroxyl groups excluding tert-OH is 1. The molecule has 1 saturated heterocycles. The highest BCUT2D eigenvalue weighted by Crippen LogP contribution is 2.36. The van der Waals surface area contributed by atoms with Crippen LogP contribution in [0.15, 0.2) is 22.7 Å². The van der Waals surface area contributed by atoms with Gasteiger partial charge in [0, 0.05) is 11.0 Å². The number of ether oxygens (including phenoxy) is 1. The first-order valence-corrected chi connectivity index (χ1v) is 8.32. The molecule has 4 heteroatoms. The maximum absolute atomic E-state index is 9.68. The van der Waals surface area contributed by atoms with E-state index in [2.05, 4.69) is 26.9 Å².